The summed E-state index contributed by atoms with van der Waals surface area (Å²) in [6.45, 7) is 0.0615. The van der Waals surface area contributed by atoms with Crippen LogP contribution in [0.2, 0.25) is 0 Å². The Hall–Kier alpha value is -1.51. The third-order valence-corrected chi connectivity index (χ3v) is 5.18. The zero-order valence-electron chi connectivity index (χ0n) is 11.4. The molecule has 0 aliphatic heterocycles. The average Bonchev–Trinajstić information content (AvgIpc) is 2.37. The van der Waals surface area contributed by atoms with E-state index in [-0.39, 0.29) is 12.1 Å². The van der Waals surface area contributed by atoms with Gasteiger partial charge in [0.25, 0.3) is 0 Å². The fourth-order valence-electron chi connectivity index (χ4n) is 2.18. The minimum absolute atomic E-state index is 0.0615. The summed E-state index contributed by atoms with van der Waals surface area (Å²) in [7, 11) is -2.54. The van der Waals surface area contributed by atoms with Crippen molar-refractivity contribution in [3.05, 3.63) is 29.6 Å². The quantitative estimate of drug-likeness (QED) is 0.826. The summed E-state index contributed by atoms with van der Waals surface area (Å²) in [6, 6.07) is 2.68. The number of carboxylic acids is 1. The van der Waals surface area contributed by atoms with Crippen LogP contribution < -0.4 is 4.72 Å². The minimum atomic E-state index is -4.05. The number of ether oxygens (including phenoxy) is 1. The summed E-state index contributed by atoms with van der Waals surface area (Å²) in [5.74, 6) is -2.42. The number of aromatic carboxylic acids is 1. The first kappa shape index (κ1) is 15.9. The highest BCUT2D eigenvalue weighted by molar-refractivity contribution is 7.89. The Balaban J connectivity index is 2.18. The van der Waals surface area contributed by atoms with Crippen LogP contribution in [-0.4, -0.2) is 38.7 Å². The van der Waals surface area contributed by atoms with E-state index in [1.165, 1.54) is 7.11 Å². The minimum Gasteiger partial charge on any atom is -0.478 e. The van der Waals surface area contributed by atoms with E-state index < -0.39 is 32.3 Å². The summed E-state index contributed by atoms with van der Waals surface area (Å²) in [5.41, 5.74) is -0.830. The van der Waals surface area contributed by atoms with E-state index in [4.69, 9.17) is 9.84 Å². The number of halogens is 1. The van der Waals surface area contributed by atoms with Gasteiger partial charge in [-0.25, -0.2) is 22.3 Å². The lowest BCUT2D eigenvalue weighted by molar-refractivity contribution is -0.0659. The molecule has 0 heterocycles. The molecule has 6 nitrogen and oxygen atoms in total. The van der Waals surface area contributed by atoms with Crippen LogP contribution in [0.15, 0.2) is 23.1 Å². The van der Waals surface area contributed by atoms with Crippen LogP contribution in [0.1, 0.15) is 29.6 Å². The molecule has 0 amide bonds. The van der Waals surface area contributed by atoms with E-state index in [0.29, 0.717) is 6.07 Å². The number of rotatable bonds is 6. The van der Waals surface area contributed by atoms with Crippen molar-refractivity contribution in [3.63, 3.8) is 0 Å². The van der Waals surface area contributed by atoms with Gasteiger partial charge >= 0.3 is 5.97 Å². The molecule has 21 heavy (non-hydrogen) atoms. The number of carboxylic acid groups (broad SMARTS) is 1. The first-order chi connectivity index (χ1) is 9.80. The van der Waals surface area contributed by atoms with Gasteiger partial charge in [-0.1, -0.05) is 0 Å². The first-order valence-electron chi connectivity index (χ1n) is 6.37. The smallest absolute Gasteiger partial charge is 0.335 e. The molecular weight excluding hydrogens is 301 g/mol. The molecule has 0 radical (unpaired) electrons. The fourth-order valence-corrected chi connectivity index (χ4v) is 3.35. The molecule has 0 atom stereocenters. The standard InChI is InChI=1S/C13H16FNO5S/c1-20-13(5-2-6-13)8-15-21(18,19)11-4-3-9(12(16)17)7-10(11)14/h3-4,7,15H,2,5-6,8H2,1H3,(H,16,17). The maximum atomic E-state index is 13.8. The Morgan fingerprint density at radius 1 is 1.48 bits per heavy atom. The lowest BCUT2D eigenvalue weighted by Crippen LogP contribution is -2.49. The van der Waals surface area contributed by atoms with Crippen molar-refractivity contribution in [1.82, 2.24) is 4.72 Å². The zero-order valence-corrected chi connectivity index (χ0v) is 12.2. The van der Waals surface area contributed by atoms with Crippen molar-refractivity contribution in [3.8, 4) is 0 Å². The normalized spacial score (nSPS) is 17.2. The molecule has 2 N–H and O–H groups in total. The largest absolute Gasteiger partial charge is 0.478 e. The predicted molar refractivity (Wildman–Crippen MR) is 72.1 cm³/mol. The molecule has 116 valence electrons. The van der Waals surface area contributed by atoms with E-state index in [0.717, 1.165) is 31.4 Å². The van der Waals surface area contributed by atoms with Gasteiger partial charge < -0.3 is 9.84 Å². The highest BCUT2D eigenvalue weighted by Crippen LogP contribution is 2.34. The number of carbonyl (C=O) groups is 1. The van der Waals surface area contributed by atoms with E-state index in [2.05, 4.69) is 4.72 Å². The Kier molecular flexibility index (Phi) is 4.31. The highest BCUT2D eigenvalue weighted by atomic mass is 32.2. The SMILES string of the molecule is COC1(CNS(=O)(=O)c2ccc(C(=O)O)cc2F)CCC1. The summed E-state index contributed by atoms with van der Waals surface area (Å²) in [6.07, 6.45) is 2.44. The molecule has 1 fully saturated rings. The van der Waals surface area contributed by atoms with Gasteiger partial charge in [0.1, 0.15) is 10.7 Å². The second-order valence-corrected chi connectivity index (χ2v) is 6.75. The van der Waals surface area contributed by atoms with Crippen molar-refractivity contribution < 1.29 is 27.4 Å². The zero-order chi connectivity index (χ0) is 15.7. The number of methoxy groups -OCH3 is 1. The van der Waals surface area contributed by atoms with Crippen molar-refractivity contribution in [2.24, 2.45) is 0 Å². The van der Waals surface area contributed by atoms with Gasteiger partial charge in [-0.2, -0.15) is 0 Å². The van der Waals surface area contributed by atoms with Crippen molar-refractivity contribution >= 4 is 16.0 Å². The molecule has 8 heteroatoms. The summed E-state index contributed by atoms with van der Waals surface area (Å²) in [4.78, 5) is 10.1. The Morgan fingerprint density at radius 3 is 2.57 bits per heavy atom. The van der Waals surface area contributed by atoms with Crippen LogP contribution in [-0.2, 0) is 14.8 Å². The maximum Gasteiger partial charge on any atom is 0.335 e. The Bertz CT molecular complexity index is 649. The van der Waals surface area contributed by atoms with Crippen LogP contribution >= 0.6 is 0 Å². The molecule has 0 spiro atoms. The molecule has 1 saturated carbocycles. The van der Waals surface area contributed by atoms with E-state index in [1.807, 2.05) is 0 Å². The molecule has 1 aromatic carbocycles. The van der Waals surface area contributed by atoms with E-state index >= 15 is 0 Å². The first-order valence-corrected chi connectivity index (χ1v) is 7.86. The number of benzene rings is 1. The average molecular weight is 317 g/mol. The van der Waals surface area contributed by atoms with Crippen LogP contribution in [0.4, 0.5) is 4.39 Å². The van der Waals surface area contributed by atoms with Crippen molar-refractivity contribution in [2.75, 3.05) is 13.7 Å². The second kappa shape index (κ2) is 5.70. The molecular formula is C13H16FNO5S. The van der Waals surface area contributed by atoms with Crippen molar-refractivity contribution in [1.29, 1.82) is 0 Å². The topological polar surface area (TPSA) is 92.7 Å². The fraction of sp³-hybridized carbons (Fsp3) is 0.462. The van der Waals surface area contributed by atoms with Crippen LogP contribution in [0.3, 0.4) is 0 Å². The number of sulfonamides is 1. The second-order valence-electron chi connectivity index (χ2n) is 5.02. The summed E-state index contributed by atoms with van der Waals surface area (Å²) in [5, 5.41) is 8.74. The van der Waals surface area contributed by atoms with Gasteiger partial charge in [-0.3, -0.25) is 0 Å². The van der Waals surface area contributed by atoms with Gasteiger partial charge in [-0.15, -0.1) is 0 Å². The predicted octanol–water partition coefficient (Wildman–Crippen LogP) is 1.37. The molecule has 0 saturated heterocycles. The van der Waals surface area contributed by atoms with Crippen molar-refractivity contribution in [2.45, 2.75) is 29.8 Å². The monoisotopic (exact) mass is 317 g/mol. The molecule has 1 aromatic rings. The number of nitrogens with one attached hydrogen (secondary N) is 1. The Labute approximate surface area is 122 Å². The third kappa shape index (κ3) is 3.22. The molecule has 0 bridgehead atoms. The van der Waals surface area contributed by atoms with Gasteiger partial charge in [-0.05, 0) is 37.5 Å². The van der Waals surface area contributed by atoms with Gasteiger partial charge in [0.05, 0.1) is 11.2 Å². The third-order valence-electron chi connectivity index (χ3n) is 3.75. The molecule has 1 aliphatic carbocycles. The Morgan fingerprint density at radius 2 is 2.14 bits per heavy atom. The van der Waals surface area contributed by atoms with E-state index in [1.54, 1.807) is 0 Å². The van der Waals surface area contributed by atoms with Crippen LogP contribution in [0.5, 0.6) is 0 Å². The molecule has 2 rings (SSSR count). The van der Waals surface area contributed by atoms with Crippen LogP contribution in [0.25, 0.3) is 0 Å². The highest BCUT2D eigenvalue weighted by Gasteiger charge is 2.38. The number of hydrogen-bond acceptors (Lipinski definition) is 4. The lowest BCUT2D eigenvalue weighted by atomic mass is 9.80. The molecule has 0 unspecified atom stereocenters. The summed E-state index contributed by atoms with van der Waals surface area (Å²) >= 11 is 0. The summed E-state index contributed by atoms with van der Waals surface area (Å²) < 4.78 is 45.6. The molecule has 0 aromatic heterocycles. The van der Waals surface area contributed by atoms with Gasteiger partial charge in [0, 0.05) is 13.7 Å². The van der Waals surface area contributed by atoms with Crippen LogP contribution in [0, 0.1) is 5.82 Å². The van der Waals surface area contributed by atoms with E-state index in [9.17, 15) is 17.6 Å². The van der Waals surface area contributed by atoms with Gasteiger partial charge in [0.2, 0.25) is 10.0 Å². The lowest BCUT2D eigenvalue weighted by Gasteiger charge is -2.40. The number of hydrogen-bond donors (Lipinski definition) is 2. The maximum absolute atomic E-state index is 13.8. The molecule has 1 aliphatic rings. The van der Waals surface area contributed by atoms with Gasteiger partial charge in [0.15, 0.2) is 0 Å².